The van der Waals surface area contributed by atoms with Crippen molar-refractivity contribution in [1.82, 2.24) is 19.9 Å². The molecule has 1 aromatic carbocycles. The number of rotatable bonds is 4. The van der Waals surface area contributed by atoms with Gasteiger partial charge in [-0.2, -0.15) is 9.97 Å². The number of ether oxygens (including phenoxy) is 3. The summed E-state index contributed by atoms with van der Waals surface area (Å²) in [5, 5.41) is 0.873. The van der Waals surface area contributed by atoms with Gasteiger partial charge in [0.15, 0.2) is 5.75 Å². The number of aromatic nitrogens is 4. The van der Waals surface area contributed by atoms with Gasteiger partial charge < -0.3 is 24.1 Å². The molecule has 26 heavy (non-hydrogen) atoms. The number of fused-ring (bicyclic) bond motifs is 1. The van der Waals surface area contributed by atoms with Crippen molar-refractivity contribution >= 4 is 48.7 Å². The number of nitrogens with one attached hydrogen (secondary N) is 1. The molecule has 2 aromatic heterocycles. The number of halogens is 2. The summed E-state index contributed by atoms with van der Waals surface area (Å²) < 4.78 is 18.0. The van der Waals surface area contributed by atoms with E-state index in [1.165, 1.54) is 7.11 Å². The van der Waals surface area contributed by atoms with E-state index in [9.17, 15) is 0 Å². The van der Waals surface area contributed by atoms with Crippen LogP contribution >= 0.6 is 31.9 Å². The van der Waals surface area contributed by atoms with Crippen LogP contribution in [0.15, 0.2) is 21.2 Å². The average Bonchev–Trinajstić information content (AvgIpc) is 3.14. The third-order valence-corrected chi connectivity index (χ3v) is 5.22. The highest BCUT2D eigenvalue weighted by atomic mass is 79.9. The van der Waals surface area contributed by atoms with Crippen LogP contribution in [0.1, 0.15) is 0 Å². The molecule has 1 N–H and O–H groups in total. The summed E-state index contributed by atoms with van der Waals surface area (Å²) >= 11 is 7.09. The number of benzene rings is 1. The fourth-order valence-corrected chi connectivity index (χ4v) is 3.99. The van der Waals surface area contributed by atoms with Crippen molar-refractivity contribution < 1.29 is 14.2 Å². The first-order valence-electron chi connectivity index (χ1n) is 7.83. The molecule has 1 aliphatic heterocycles. The standard InChI is InChI=1S/C16H14Br2N5O3/c1-24-15-20-14(23-4-6-25-7-5-23)21-16(22-15)26-13-10(17)8-11-9(12(13)18)2-3-19-11/h3,8,19H,4-7H2,1H3. The first-order valence-corrected chi connectivity index (χ1v) is 9.41. The molecule has 1 aliphatic rings. The molecule has 0 bridgehead atoms. The Morgan fingerprint density at radius 2 is 1.96 bits per heavy atom. The molecular formula is C16H14Br2N5O3. The summed E-state index contributed by atoms with van der Waals surface area (Å²) in [5.74, 6) is 1.05. The Bertz CT molecular complexity index is 943. The van der Waals surface area contributed by atoms with Crippen molar-refractivity contribution in [2.75, 3.05) is 38.3 Å². The SMILES string of the molecule is COc1nc(Oc2c(Br)cc3[nH]c[c]c3c2Br)nc(N2CCOCC2)n1. The van der Waals surface area contributed by atoms with E-state index in [1.54, 1.807) is 6.20 Å². The van der Waals surface area contributed by atoms with Crippen molar-refractivity contribution in [3.05, 3.63) is 27.3 Å². The van der Waals surface area contributed by atoms with Crippen molar-refractivity contribution in [1.29, 1.82) is 0 Å². The van der Waals surface area contributed by atoms with Crippen LogP contribution in [-0.2, 0) is 4.74 Å². The second-order valence-corrected chi connectivity index (χ2v) is 7.11. The molecule has 1 fully saturated rings. The van der Waals surface area contributed by atoms with Gasteiger partial charge in [-0.25, -0.2) is 0 Å². The molecule has 1 radical (unpaired) electrons. The molecule has 4 rings (SSSR count). The lowest BCUT2D eigenvalue weighted by molar-refractivity contribution is 0.122. The zero-order chi connectivity index (χ0) is 18.1. The number of hydrogen-bond acceptors (Lipinski definition) is 7. The molecule has 10 heteroatoms. The highest BCUT2D eigenvalue weighted by molar-refractivity contribution is 9.11. The number of aromatic amines is 1. The van der Waals surface area contributed by atoms with Crippen molar-refractivity contribution in [2.45, 2.75) is 0 Å². The van der Waals surface area contributed by atoms with Crippen LogP contribution in [-0.4, -0.2) is 53.3 Å². The van der Waals surface area contributed by atoms with Crippen LogP contribution in [0.3, 0.4) is 0 Å². The maximum Gasteiger partial charge on any atom is 0.330 e. The molecule has 0 aliphatic carbocycles. The number of nitrogens with zero attached hydrogens (tertiary/aromatic N) is 4. The summed E-state index contributed by atoms with van der Waals surface area (Å²) in [5.41, 5.74) is 0.929. The zero-order valence-corrected chi connectivity index (χ0v) is 16.9. The summed E-state index contributed by atoms with van der Waals surface area (Å²) in [7, 11) is 1.51. The Labute approximate surface area is 166 Å². The van der Waals surface area contributed by atoms with E-state index < -0.39 is 0 Å². The van der Waals surface area contributed by atoms with Gasteiger partial charge >= 0.3 is 12.0 Å². The summed E-state index contributed by atoms with van der Waals surface area (Å²) in [4.78, 5) is 18.1. The topological polar surface area (TPSA) is 85.4 Å². The summed E-state index contributed by atoms with van der Waals surface area (Å²) in [6.45, 7) is 2.65. The van der Waals surface area contributed by atoms with E-state index in [-0.39, 0.29) is 12.0 Å². The Morgan fingerprint density at radius 1 is 1.19 bits per heavy atom. The molecule has 0 unspecified atom stereocenters. The number of methoxy groups -OCH3 is 1. The number of H-pyrrole nitrogens is 1. The van der Waals surface area contributed by atoms with Crippen LogP contribution in [0.4, 0.5) is 5.95 Å². The minimum Gasteiger partial charge on any atom is -0.467 e. The lowest BCUT2D eigenvalue weighted by Crippen LogP contribution is -2.37. The van der Waals surface area contributed by atoms with Crippen molar-refractivity contribution in [3.8, 4) is 17.8 Å². The van der Waals surface area contributed by atoms with Crippen molar-refractivity contribution in [3.63, 3.8) is 0 Å². The molecule has 0 atom stereocenters. The molecule has 0 spiro atoms. The van der Waals surface area contributed by atoms with Crippen LogP contribution in [0.5, 0.6) is 17.8 Å². The smallest absolute Gasteiger partial charge is 0.330 e. The molecule has 3 aromatic rings. The monoisotopic (exact) mass is 482 g/mol. The van der Waals surface area contributed by atoms with E-state index >= 15 is 0 Å². The van der Waals surface area contributed by atoms with Crippen LogP contribution in [0.25, 0.3) is 10.9 Å². The average molecular weight is 484 g/mol. The number of morpholine rings is 1. The molecule has 8 nitrogen and oxygen atoms in total. The summed E-state index contributed by atoms with van der Waals surface area (Å²) in [6, 6.07) is 5.37. The zero-order valence-electron chi connectivity index (χ0n) is 13.8. The van der Waals surface area contributed by atoms with Gasteiger partial charge in [-0.05, 0) is 37.9 Å². The van der Waals surface area contributed by atoms with Gasteiger partial charge in [-0.1, -0.05) is 0 Å². The molecule has 3 heterocycles. The number of hydrogen-bond donors (Lipinski definition) is 1. The van der Waals surface area contributed by atoms with Gasteiger partial charge in [0, 0.05) is 36.3 Å². The van der Waals surface area contributed by atoms with E-state index in [1.807, 2.05) is 11.0 Å². The molecule has 0 saturated carbocycles. The second-order valence-electron chi connectivity index (χ2n) is 5.46. The third kappa shape index (κ3) is 3.36. The molecular weight excluding hydrogens is 470 g/mol. The van der Waals surface area contributed by atoms with Gasteiger partial charge in [0.05, 0.1) is 29.3 Å². The molecule has 0 amide bonds. The fourth-order valence-electron chi connectivity index (χ4n) is 2.60. The van der Waals surface area contributed by atoms with Gasteiger partial charge in [0.1, 0.15) is 0 Å². The Morgan fingerprint density at radius 3 is 2.73 bits per heavy atom. The van der Waals surface area contributed by atoms with Gasteiger partial charge in [-0.15, -0.1) is 4.98 Å². The Hall–Kier alpha value is -1.91. The highest BCUT2D eigenvalue weighted by Crippen LogP contribution is 2.41. The quantitative estimate of drug-likeness (QED) is 0.609. The van der Waals surface area contributed by atoms with Gasteiger partial charge in [-0.3, -0.25) is 0 Å². The minimum atomic E-state index is 0.148. The first kappa shape index (κ1) is 17.5. The lowest BCUT2D eigenvalue weighted by Gasteiger charge is -2.26. The van der Waals surface area contributed by atoms with E-state index in [4.69, 9.17) is 14.2 Å². The molecule has 1 saturated heterocycles. The first-order chi connectivity index (χ1) is 12.7. The van der Waals surface area contributed by atoms with E-state index in [0.29, 0.717) is 38.0 Å². The third-order valence-electron chi connectivity index (χ3n) is 3.87. The van der Waals surface area contributed by atoms with Crippen molar-refractivity contribution in [2.24, 2.45) is 0 Å². The maximum atomic E-state index is 5.96. The maximum absolute atomic E-state index is 5.96. The lowest BCUT2D eigenvalue weighted by atomic mass is 10.2. The largest absolute Gasteiger partial charge is 0.467 e. The minimum absolute atomic E-state index is 0.148. The predicted molar refractivity (Wildman–Crippen MR) is 102 cm³/mol. The number of anilines is 1. The highest BCUT2D eigenvalue weighted by Gasteiger charge is 2.20. The fraction of sp³-hybridized carbons (Fsp3) is 0.312. The van der Waals surface area contributed by atoms with E-state index in [0.717, 1.165) is 19.8 Å². The van der Waals surface area contributed by atoms with E-state index in [2.05, 4.69) is 57.9 Å². The van der Waals surface area contributed by atoms with Gasteiger partial charge in [0.2, 0.25) is 5.95 Å². The Balaban J connectivity index is 1.71. The second kappa shape index (κ2) is 7.37. The summed E-state index contributed by atoms with van der Waals surface area (Å²) in [6.07, 6.45) is 1.74. The Kier molecular flexibility index (Phi) is 4.96. The predicted octanol–water partition coefficient (Wildman–Crippen LogP) is 3.32. The van der Waals surface area contributed by atoms with Crippen LogP contribution < -0.4 is 14.4 Å². The normalized spacial score (nSPS) is 14.7. The van der Waals surface area contributed by atoms with Crippen LogP contribution in [0.2, 0.25) is 0 Å². The van der Waals surface area contributed by atoms with Gasteiger partial charge in [0.25, 0.3) is 0 Å². The van der Waals surface area contributed by atoms with Crippen LogP contribution in [0, 0.1) is 6.07 Å². The molecule has 135 valence electrons.